The van der Waals surface area contributed by atoms with E-state index in [4.69, 9.17) is 4.42 Å². The van der Waals surface area contributed by atoms with Crippen LogP contribution in [-0.4, -0.2) is 69.4 Å². The Bertz CT molecular complexity index is 1020. The number of hydrogen-bond donors (Lipinski definition) is 1. The van der Waals surface area contributed by atoms with E-state index >= 15 is 0 Å². The number of benzene rings is 1. The minimum atomic E-state index is -0.564. The van der Waals surface area contributed by atoms with Crippen molar-refractivity contribution in [2.24, 2.45) is 0 Å². The van der Waals surface area contributed by atoms with Gasteiger partial charge in [0.2, 0.25) is 5.91 Å². The van der Waals surface area contributed by atoms with Gasteiger partial charge >= 0.3 is 0 Å². The van der Waals surface area contributed by atoms with Crippen LogP contribution in [0.5, 0.6) is 0 Å². The fourth-order valence-corrected chi connectivity index (χ4v) is 5.92. The number of likely N-dealkylation sites (tertiary alicyclic amines) is 2. The summed E-state index contributed by atoms with van der Waals surface area (Å²) in [4.78, 5) is 33.6. The molecule has 0 bridgehead atoms. The Hall–Kier alpha value is -2.64. The first-order valence-electron chi connectivity index (χ1n) is 11.6. The second kappa shape index (κ2) is 8.05. The molecule has 1 unspecified atom stereocenters. The van der Waals surface area contributed by atoms with Crippen LogP contribution in [-0.2, 0) is 17.9 Å². The molecule has 2 aromatic rings. The molecular weight excluding hydrogens is 406 g/mol. The zero-order valence-corrected chi connectivity index (χ0v) is 18.8. The highest BCUT2D eigenvalue weighted by atomic mass is 16.4. The summed E-state index contributed by atoms with van der Waals surface area (Å²) >= 11 is 0. The molecule has 1 N–H and O–H groups in total. The number of carbonyl (C=O) groups excluding carboxylic acids is 2. The standard InChI is InChI=1S/C25H31N3O4/c1-17(2)28-23(30)21-8-4-3-7-20(21)22(24(31)27-11-5-6-12-27)25(28)15-26(16-25)13-18-9-10-19(14-29)32-18/h3-4,7-10,17,22,29H,5-6,11-16H2,1-2H3. The summed E-state index contributed by atoms with van der Waals surface area (Å²) in [6.45, 7) is 7.36. The molecular formula is C25H31N3O4. The maximum atomic E-state index is 13.9. The molecule has 32 heavy (non-hydrogen) atoms. The molecule has 3 aliphatic heterocycles. The van der Waals surface area contributed by atoms with Crippen molar-refractivity contribution in [2.45, 2.75) is 57.3 Å². The van der Waals surface area contributed by atoms with Gasteiger partial charge in [-0.15, -0.1) is 0 Å². The molecule has 0 radical (unpaired) electrons. The molecule has 3 aliphatic rings. The smallest absolute Gasteiger partial charge is 0.254 e. The largest absolute Gasteiger partial charge is 0.462 e. The average molecular weight is 438 g/mol. The third-order valence-corrected chi connectivity index (χ3v) is 7.17. The molecule has 7 heteroatoms. The lowest BCUT2D eigenvalue weighted by molar-refractivity contribution is -0.144. The Morgan fingerprint density at radius 3 is 2.47 bits per heavy atom. The number of aliphatic hydroxyl groups excluding tert-OH is 1. The van der Waals surface area contributed by atoms with Crippen molar-refractivity contribution in [3.05, 3.63) is 59.0 Å². The lowest BCUT2D eigenvalue weighted by atomic mass is 9.67. The van der Waals surface area contributed by atoms with Gasteiger partial charge in [-0.05, 0) is 50.5 Å². The lowest BCUT2D eigenvalue weighted by Crippen LogP contribution is -2.77. The van der Waals surface area contributed by atoms with Gasteiger partial charge in [-0.25, -0.2) is 0 Å². The maximum absolute atomic E-state index is 13.9. The van der Waals surface area contributed by atoms with E-state index in [-0.39, 0.29) is 30.4 Å². The Balaban J connectivity index is 1.51. The molecule has 2 saturated heterocycles. The number of rotatable bonds is 5. The molecule has 0 aliphatic carbocycles. The number of aliphatic hydroxyl groups is 1. The number of nitrogens with zero attached hydrogens (tertiary/aromatic N) is 3. The first-order valence-corrected chi connectivity index (χ1v) is 11.6. The number of carbonyl (C=O) groups is 2. The van der Waals surface area contributed by atoms with Crippen LogP contribution in [0, 0.1) is 0 Å². The van der Waals surface area contributed by atoms with E-state index in [2.05, 4.69) is 4.90 Å². The molecule has 1 atom stereocenters. The summed E-state index contributed by atoms with van der Waals surface area (Å²) in [6, 6.07) is 11.3. The quantitative estimate of drug-likeness (QED) is 0.778. The number of fused-ring (bicyclic) bond motifs is 1. The Morgan fingerprint density at radius 1 is 1.12 bits per heavy atom. The summed E-state index contributed by atoms with van der Waals surface area (Å²) in [6.07, 6.45) is 2.08. The van der Waals surface area contributed by atoms with Gasteiger partial charge in [0.1, 0.15) is 18.1 Å². The van der Waals surface area contributed by atoms with Crippen molar-refractivity contribution in [2.75, 3.05) is 26.2 Å². The van der Waals surface area contributed by atoms with Gasteiger partial charge < -0.3 is 19.3 Å². The van der Waals surface area contributed by atoms with E-state index in [1.807, 2.05) is 54.0 Å². The van der Waals surface area contributed by atoms with Crippen LogP contribution in [0.15, 0.2) is 40.8 Å². The topological polar surface area (TPSA) is 77.2 Å². The highest BCUT2D eigenvalue weighted by molar-refractivity contribution is 6.02. The summed E-state index contributed by atoms with van der Waals surface area (Å²) in [5.41, 5.74) is 0.957. The van der Waals surface area contributed by atoms with Crippen LogP contribution in [0.1, 0.15) is 60.0 Å². The molecule has 2 fully saturated rings. The van der Waals surface area contributed by atoms with Gasteiger partial charge in [-0.1, -0.05) is 18.2 Å². The van der Waals surface area contributed by atoms with E-state index in [1.54, 1.807) is 6.07 Å². The van der Waals surface area contributed by atoms with E-state index < -0.39 is 5.54 Å². The van der Waals surface area contributed by atoms with Crippen LogP contribution in [0.25, 0.3) is 0 Å². The van der Waals surface area contributed by atoms with E-state index in [1.165, 1.54) is 0 Å². The predicted octanol–water partition coefficient (Wildman–Crippen LogP) is 2.60. The van der Waals surface area contributed by atoms with Crippen molar-refractivity contribution >= 4 is 11.8 Å². The first kappa shape index (κ1) is 21.2. The van der Waals surface area contributed by atoms with Gasteiger partial charge in [-0.2, -0.15) is 0 Å². The highest BCUT2D eigenvalue weighted by Gasteiger charge is 2.61. The molecule has 170 valence electrons. The number of furan rings is 1. The monoisotopic (exact) mass is 437 g/mol. The van der Waals surface area contributed by atoms with Crippen molar-refractivity contribution in [1.29, 1.82) is 0 Å². The van der Waals surface area contributed by atoms with E-state index in [9.17, 15) is 14.7 Å². The molecule has 0 saturated carbocycles. The average Bonchev–Trinajstić information content (AvgIpc) is 3.44. The van der Waals surface area contributed by atoms with Crippen LogP contribution in [0.3, 0.4) is 0 Å². The van der Waals surface area contributed by atoms with Crippen LogP contribution < -0.4 is 0 Å². The Morgan fingerprint density at radius 2 is 1.81 bits per heavy atom. The van der Waals surface area contributed by atoms with Crippen molar-refractivity contribution in [3.63, 3.8) is 0 Å². The summed E-state index contributed by atoms with van der Waals surface area (Å²) in [5, 5.41) is 9.28. The van der Waals surface area contributed by atoms with Gasteiger partial charge in [0.05, 0.1) is 18.0 Å². The maximum Gasteiger partial charge on any atom is 0.254 e. The zero-order chi connectivity index (χ0) is 22.5. The Kier molecular flexibility index (Phi) is 5.34. The molecule has 2 amide bonds. The number of hydrogen-bond acceptors (Lipinski definition) is 5. The van der Waals surface area contributed by atoms with Gasteiger partial charge in [0, 0.05) is 37.8 Å². The van der Waals surface area contributed by atoms with E-state index in [0.717, 1.165) is 37.3 Å². The van der Waals surface area contributed by atoms with Crippen molar-refractivity contribution < 1.29 is 19.1 Å². The van der Waals surface area contributed by atoms with Gasteiger partial charge in [-0.3, -0.25) is 14.5 Å². The normalized spacial score (nSPS) is 22.5. The SMILES string of the molecule is CC(C)N1C(=O)c2ccccc2C(C(=O)N2CCCC2)C12CN(Cc1ccc(CO)o1)C2. The highest BCUT2D eigenvalue weighted by Crippen LogP contribution is 2.48. The molecule has 4 heterocycles. The molecule has 7 nitrogen and oxygen atoms in total. The molecule has 1 spiro atoms. The van der Waals surface area contributed by atoms with Gasteiger partial charge in [0.15, 0.2) is 0 Å². The Labute approximate surface area is 188 Å². The van der Waals surface area contributed by atoms with Gasteiger partial charge in [0.25, 0.3) is 5.91 Å². The number of amides is 2. The van der Waals surface area contributed by atoms with Crippen LogP contribution >= 0.6 is 0 Å². The summed E-state index contributed by atoms with van der Waals surface area (Å²) in [5.74, 6) is 1.13. The first-order chi connectivity index (χ1) is 15.4. The van der Waals surface area contributed by atoms with Crippen LogP contribution in [0.2, 0.25) is 0 Å². The summed E-state index contributed by atoms with van der Waals surface area (Å²) in [7, 11) is 0. The van der Waals surface area contributed by atoms with E-state index in [0.29, 0.717) is 31.0 Å². The lowest BCUT2D eigenvalue weighted by Gasteiger charge is -2.62. The summed E-state index contributed by atoms with van der Waals surface area (Å²) < 4.78 is 5.67. The van der Waals surface area contributed by atoms with Crippen molar-refractivity contribution in [1.82, 2.24) is 14.7 Å². The predicted molar refractivity (Wildman–Crippen MR) is 119 cm³/mol. The molecule has 5 rings (SSSR count). The molecule has 1 aromatic heterocycles. The molecule has 1 aromatic carbocycles. The fraction of sp³-hybridized carbons (Fsp3) is 0.520. The zero-order valence-electron chi connectivity index (χ0n) is 18.8. The van der Waals surface area contributed by atoms with Crippen molar-refractivity contribution in [3.8, 4) is 0 Å². The minimum Gasteiger partial charge on any atom is -0.462 e. The third kappa shape index (κ3) is 3.26. The second-order valence-electron chi connectivity index (χ2n) is 9.60. The fourth-order valence-electron chi connectivity index (χ4n) is 5.92. The minimum absolute atomic E-state index is 0.0151. The third-order valence-electron chi connectivity index (χ3n) is 7.17. The second-order valence-corrected chi connectivity index (χ2v) is 9.60. The van der Waals surface area contributed by atoms with Crippen LogP contribution in [0.4, 0.5) is 0 Å².